The van der Waals surface area contributed by atoms with Crippen LogP contribution in [-0.2, 0) is 4.79 Å². The second-order valence-corrected chi connectivity index (χ2v) is 6.77. The standard InChI is InChI=1S/C22H22ClNO4/c1-5-27-20-11-21-17(14(3)12-28-21)10-16(20)13(2)8-22(25)24-15-6-7-19(26-4)18(23)9-15/h6-12H,5H2,1-4H3,(H,24,25)/b13-8+. The number of ether oxygens (including phenoxy) is 2. The Morgan fingerprint density at radius 1 is 1.25 bits per heavy atom. The van der Waals surface area contributed by atoms with Crippen LogP contribution in [0, 0.1) is 6.92 Å². The predicted molar refractivity (Wildman–Crippen MR) is 112 cm³/mol. The van der Waals surface area contributed by atoms with Crippen molar-refractivity contribution in [3.05, 3.63) is 58.8 Å². The number of carbonyl (C=O) groups excluding carboxylic acids is 1. The third-order valence-corrected chi connectivity index (χ3v) is 4.66. The van der Waals surface area contributed by atoms with Gasteiger partial charge < -0.3 is 19.2 Å². The summed E-state index contributed by atoms with van der Waals surface area (Å²) < 4.78 is 16.4. The van der Waals surface area contributed by atoms with E-state index in [1.807, 2.05) is 32.9 Å². The summed E-state index contributed by atoms with van der Waals surface area (Å²) in [6.45, 7) is 6.29. The van der Waals surface area contributed by atoms with Gasteiger partial charge in [-0.25, -0.2) is 0 Å². The van der Waals surface area contributed by atoms with Crippen molar-refractivity contribution < 1.29 is 18.7 Å². The highest BCUT2D eigenvalue weighted by Crippen LogP contribution is 2.33. The fraction of sp³-hybridized carbons (Fsp3) is 0.227. The molecule has 0 saturated carbocycles. The summed E-state index contributed by atoms with van der Waals surface area (Å²) in [4.78, 5) is 12.5. The molecule has 0 radical (unpaired) electrons. The maximum Gasteiger partial charge on any atom is 0.248 e. The molecule has 5 nitrogen and oxygen atoms in total. The summed E-state index contributed by atoms with van der Waals surface area (Å²) >= 11 is 6.11. The number of hydrogen-bond donors (Lipinski definition) is 1. The minimum absolute atomic E-state index is 0.259. The van der Waals surface area contributed by atoms with E-state index in [1.165, 1.54) is 6.08 Å². The lowest BCUT2D eigenvalue weighted by Crippen LogP contribution is -2.09. The molecule has 0 aliphatic heterocycles. The Hall–Kier alpha value is -2.92. The fourth-order valence-corrected chi connectivity index (χ4v) is 3.22. The molecule has 0 atom stereocenters. The SMILES string of the molecule is CCOc1cc2occ(C)c2cc1/C(C)=C/C(=O)Nc1ccc(OC)c(Cl)c1. The highest BCUT2D eigenvalue weighted by Gasteiger charge is 2.13. The molecule has 6 heteroatoms. The Morgan fingerprint density at radius 2 is 2.04 bits per heavy atom. The summed E-state index contributed by atoms with van der Waals surface area (Å²) in [5, 5.41) is 4.24. The molecule has 0 fully saturated rings. The zero-order valence-electron chi connectivity index (χ0n) is 16.3. The third kappa shape index (κ3) is 4.15. The molecule has 0 spiro atoms. The van der Waals surface area contributed by atoms with E-state index in [-0.39, 0.29) is 5.91 Å². The smallest absolute Gasteiger partial charge is 0.248 e. The van der Waals surface area contributed by atoms with Crippen molar-refractivity contribution in [1.82, 2.24) is 0 Å². The normalized spacial score (nSPS) is 11.5. The first-order valence-electron chi connectivity index (χ1n) is 8.90. The number of benzene rings is 2. The van der Waals surface area contributed by atoms with Crippen LogP contribution in [0.25, 0.3) is 16.5 Å². The van der Waals surface area contributed by atoms with Gasteiger partial charge in [-0.1, -0.05) is 11.6 Å². The molecule has 1 aromatic heterocycles. The molecule has 28 heavy (non-hydrogen) atoms. The van der Waals surface area contributed by atoms with Crippen LogP contribution >= 0.6 is 11.6 Å². The van der Waals surface area contributed by atoms with Crippen LogP contribution in [0.2, 0.25) is 5.02 Å². The molecule has 0 aliphatic rings. The number of rotatable bonds is 6. The number of aryl methyl sites for hydroxylation is 1. The molecule has 0 saturated heterocycles. The van der Waals surface area contributed by atoms with Crippen LogP contribution < -0.4 is 14.8 Å². The first kappa shape index (κ1) is 19.8. The lowest BCUT2D eigenvalue weighted by molar-refractivity contribution is -0.111. The maximum absolute atomic E-state index is 12.5. The number of halogens is 1. The minimum atomic E-state index is -0.259. The van der Waals surface area contributed by atoms with Crippen LogP contribution in [0.15, 0.2) is 47.1 Å². The van der Waals surface area contributed by atoms with Crippen LogP contribution in [0.5, 0.6) is 11.5 Å². The summed E-state index contributed by atoms with van der Waals surface area (Å²) in [6.07, 6.45) is 3.25. The zero-order valence-corrected chi connectivity index (χ0v) is 17.0. The number of methoxy groups -OCH3 is 1. The average Bonchev–Trinajstić information content (AvgIpc) is 3.01. The van der Waals surface area contributed by atoms with Gasteiger partial charge in [0.1, 0.15) is 17.1 Å². The quantitative estimate of drug-likeness (QED) is 0.528. The summed E-state index contributed by atoms with van der Waals surface area (Å²) in [7, 11) is 1.54. The average molecular weight is 400 g/mol. The first-order chi connectivity index (χ1) is 13.4. The van der Waals surface area contributed by atoms with E-state index >= 15 is 0 Å². The van der Waals surface area contributed by atoms with Gasteiger partial charge >= 0.3 is 0 Å². The Bertz CT molecular complexity index is 1050. The third-order valence-electron chi connectivity index (χ3n) is 4.36. The molecular formula is C22H22ClNO4. The van der Waals surface area contributed by atoms with Crippen molar-refractivity contribution in [1.29, 1.82) is 0 Å². The number of nitrogens with one attached hydrogen (secondary N) is 1. The molecule has 1 amide bonds. The van der Waals surface area contributed by atoms with Crippen LogP contribution in [0.4, 0.5) is 5.69 Å². The second kappa shape index (κ2) is 8.40. The van der Waals surface area contributed by atoms with Gasteiger partial charge in [0.05, 0.1) is 25.0 Å². The summed E-state index contributed by atoms with van der Waals surface area (Å²) in [5.74, 6) is 0.972. The number of fused-ring (bicyclic) bond motifs is 1. The van der Waals surface area contributed by atoms with Crippen molar-refractivity contribution in [2.75, 3.05) is 19.0 Å². The number of hydrogen-bond acceptors (Lipinski definition) is 4. The van der Waals surface area contributed by atoms with E-state index in [4.69, 9.17) is 25.5 Å². The van der Waals surface area contributed by atoms with Crippen molar-refractivity contribution in [2.24, 2.45) is 0 Å². The van der Waals surface area contributed by atoms with Gasteiger partial charge in [-0.05, 0) is 56.2 Å². The van der Waals surface area contributed by atoms with Gasteiger partial charge in [0.2, 0.25) is 5.91 Å². The number of furan rings is 1. The van der Waals surface area contributed by atoms with Crippen molar-refractivity contribution >= 4 is 39.7 Å². The molecule has 2 aromatic carbocycles. The van der Waals surface area contributed by atoms with Gasteiger partial charge in [-0.15, -0.1) is 0 Å². The van der Waals surface area contributed by atoms with Crippen LogP contribution in [0.3, 0.4) is 0 Å². The van der Waals surface area contributed by atoms with Gasteiger partial charge in [-0.3, -0.25) is 4.79 Å². The van der Waals surface area contributed by atoms with Crippen molar-refractivity contribution in [2.45, 2.75) is 20.8 Å². The predicted octanol–water partition coefficient (Wildman–Crippen LogP) is 5.84. The molecule has 0 unspecified atom stereocenters. The van der Waals surface area contributed by atoms with Crippen molar-refractivity contribution in [3.8, 4) is 11.5 Å². The summed E-state index contributed by atoms with van der Waals surface area (Å²) in [6, 6.07) is 8.94. The Morgan fingerprint density at radius 3 is 2.71 bits per heavy atom. The van der Waals surface area contributed by atoms with E-state index < -0.39 is 0 Å². The highest BCUT2D eigenvalue weighted by molar-refractivity contribution is 6.32. The van der Waals surface area contributed by atoms with E-state index in [0.717, 1.165) is 27.7 Å². The Balaban J connectivity index is 1.89. The minimum Gasteiger partial charge on any atom is -0.495 e. The Labute approximate surface area is 168 Å². The van der Waals surface area contributed by atoms with Gasteiger partial charge in [0.25, 0.3) is 0 Å². The van der Waals surface area contributed by atoms with E-state index in [9.17, 15) is 4.79 Å². The molecule has 1 N–H and O–H groups in total. The Kier molecular flexibility index (Phi) is 5.95. The van der Waals surface area contributed by atoms with Gasteiger partial charge in [0, 0.05) is 28.8 Å². The van der Waals surface area contributed by atoms with Gasteiger partial charge in [0.15, 0.2) is 0 Å². The van der Waals surface area contributed by atoms with E-state index in [2.05, 4.69) is 5.32 Å². The number of carbonyl (C=O) groups is 1. The molecule has 146 valence electrons. The number of amides is 1. The fourth-order valence-electron chi connectivity index (χ4n) is 2.96. The van der Waals surface area contributed by atoms with Crippen LogP contribution in [0.1, 0.15) is 25.0 Å². The maximum atomic E-state index is 12.5. The lowest BCUT2D eigenvalue weighted by Gasteiger charge is -2.12. The monoisotopic (exact) mass is 399 g/mol. The molecule has 3 aromatic rings. The van der Waals surface area contributed by atoms with Crippen molar-refractivity contribution in [3.63, 3.8) is 0 Å². The molecule has 1 heterocycles. The number of allylic oxidation sites excluding steroid dienone is 1. The molecule has 3 rings (SSSR count). The van der Waals surface area contributed by atoms with E-state index in [0.29, 0.717) is 28.8 Å². The molecule has 0 bridgehead atoms. The summed E-state index contributed by atoms with van der Waals surface area (Å²) in [5.41, 5.74) is 4.01. The highest BCUT2D eigenvalue weighted by atomic mass is 35.5. The second-order valence-electron chi connectivity index (χ2n) is 6.36. The topological polar surface area (TPSA) is 60.7 Å². The molecule has 0 aliphatic carbocycles. The zero-order chi connectivity index (χ0) is 20.3. The van der Waals surface area contributed by atoms with Gasteiger partial charge in [-0.2, -0.15) is 0 Å². The number of anilines is 1. The van der Waals surface area contributed by atoms with Crippen LogP contribution in [-0.4, -0.2) is 19.6 Å². The van der Waals surface area contributed by atoms with E-state index in [1.54, 1.807) is 31.6 Å². The largest absolute Gasteiger partial charge is 0.495 e. The lowest BCUT2D eigenvalue weighted by atomic mass is 10.0. The first-order valence-corrected chi connectivity index (χ1v) is 9.28. The molecular weight excluding hydrogens is 378 g/mol.